The molecule has 1 atom stereocenters. The molecule has 3 nitrogen and oxygen atoms in total. The van der Waals surface area contributed by atoms with Crippen molar-refractivity contribution in [2.45, 2.75) is 25.0 Å². The van der Waals surface area contributed by atoms with Crippen LogP contribution in [-0.2, 0) is 17.6 Å². The summed E-state index contributed by atoms with van der Waals surface area (Å²) in [6.07, 6.45) is 1.51. The van der Waals surface area contributed by atoms with Gasteiger partial charge in [0.2, 0.25) is 5.91 Å². The zero-order valence-corrected chi connectivity index (χ0v) is 15.4. The molecule has 1 unspecified atom stereocenters. The third-order valence-corrected chi connectivity index (χ3v) is 5.45. The number of nitrogens with zero attached hydrogens (tertiary/aromatic N) is 1. The van der Waals surface area contributed by atoms with Crippen molar-refractivity contribution in [1.82, 2.24) is 5.32 Å². The molecule has 0 saturated carbocycles. The lowest BCUT2D eigenvalue weighted by Crippen LogP contribution is -2.26. The molecule has 2 aromatic rings. The topological polar surface area (TPSA) is 41.5 Å². The number of hydrogen-bond acceptors (Lipinski definition) is 3. The van der Waals surface area contributed by atoms with Gasteiger partial charge in [0.15, 0.2) is 5.17 Å². The molecule has 3 rings (SSSR count). The highest BCUT2D eigenvalue weighted by Gasteiger charge is 2.30. The number of amidine groups is 1. The Hall–Kier alpha value is -1.49. The molecule has 0 aromatic heterocycles. The number of rotatable bonds is 4. The summed E-state index contributed by atoms with van der Waals surface area (Å²) in [7, 11) is 0. The molecule has 1 heterocycles. The van der Waals surface area contributed by atoms with E-state index < -0.39 is 0 Å². The molecule has 0 bridgehead atoms. The predicted molar refractivity (Wildman–Crippen MR) is 103 cm³/mol. The average molecular weight is 379 g/mol. The molecular formula is C18H16Cl2N2OS. The molecule has 24 heavy (non-hydrogen) atoms. The van der Waals surface area contributed by atoms with Crippen molar-refractivity contribution in [3.63, 3.8) is 0 Å². The first-order valence-corrected chi connectivity index (χ1v) is 9.28. The smallest absolute Gasteiger partial charge is 0.239 e. The lowest BCUT2D eigenvalue weighted by atomic mass is 10.1. The summed E-state index contributed by atoms with van der Waals surface area (Å²) in [5.74, 6) is -0.0556. The fraction of sp³-hybridized carbons (Fsp3) is 0.222. The van der Waals surface area contributed by atoms with E-state index in [2.05, 4.69) is 17.2 Å². The van der Waals surface area contributed by atoms with Gasteiger partial charge in [-0.25, -0.2) is 4.99 Å². The molecule has 1 fully saturated rings. The average Bonchev–Trinajstić information content (AvgIpc) is 2.91. The van der Waals surface area contributed by atoms with Crippen LogP contribution in [-0.4, -0.2) is 16.3 Å². The number of hydrogen-bond donors (Lipinski definition) is 1. The predicted octanol–water partition coefficient (Wildman–Crippen LogP) is 5.02. The summed E-state index contributed by atoms with van der Waals surface area (Å²) >= 11 is 13.6. The Kier molecular flexibility index (Phi) is 5.49. The third kappa shape index (κ3) is 4.12. The summed E-state index contributed by atoms with van der Waals surface area (Å²) in [6, 6.07) is 13.3. The van der Waals surface area contributed by atoms with Crippen molar-refractivity contribution < 1.29 is 4.79 Å². The highest BCUT2D eigenvalue weighted by Crippen LogP contribution is 2.29. The Bertz CT molecular complexity index is 790. The molecule has 1 aliphatic rings. The summed E-state index contributed by atoms with van der Waals surface area (Å²) in [6.45, 7) is 2.11. The summed E-state index contributed by atoms with van der Waals surface area (Å²) in [4.78, 5) is 16.7. The lowest BCUT2D eigenvalue weighted by Gasteiger charge is -2.07. The fourth-order valence-corrected chi connectivity index (χ4v) is 3.82. The fourth-order valence-electron chi connectivity index (χ4n) is 2.42. The van der Waals surface area contributed by atoms with E-state index in [1.165, 1.54) is 17.3 Å². The highest BCUT2D eigenvalue weighted by molar-refractivity contribution is 8.15. The summed E-state index contributed by atoms with van der Waals surface area (Å²) in [5, 5.41) is 4.43. The molecule has 1 amide bonds. The Morgan fingerprint density at radius 2 is 1.92 bits per heavy atom. The monoisotopic (exact) mass is 378 g/mol. The second-order valence-corrected chi connectivity index (χ2v) is 7.51. The van der Waals surface area contributed by atoms with Gasteiger partial charge in [-0.3, -0.25) is 4.79 Å². The van der Waals surface area contributed by atoms with Crippen LogP contribution in [0, 0.1) is 0 Å². The molecular weight excluding hydrogens is 363 g/mol. The first-order valence-electron chi connectivity index (χ1n) is 7.64. The van der Waals surface area contributed by atoms with Crippen LogP contribution in [0.1, 0.15) is 18.1 Å². The number of aryl methyl sites for hydroxylation is 1. The number of thioether (sulfide) groups is 1. The van der Waals surface area contributed by atoms with Crippen LogP contribution >= 0.6 is 35.0 Å². The Morgan fingerprint density at radius 1 is 1.17 bits per heavy atom. The maximum absolute atomic E-state index is 12.2. The molecule has 1 N–H and O–H groups in total. The van der Waals surface area contributed by atoms with Gasteiger partial charge in [0, 0.05) is 10.0 Å². The van der Waals surface area contributed by atoms with Gasteiger partial charge in [-0.05, 0) is 54.3 Å². The number of amides is 1. The van der Waals surface area contributed by atoms with Gasteiger partial charge < -0.3 is 5.32 Å². The normalized spacial score (nSPS) is 18.9. The van der Waals surface area contributed by atoms with Crippen molar-refractivity contribution in [1.29, 1.82) is 0 Å². The third-order valence-electron chi connectivity index (χ3n) is 3.76. The van der Waals surface area contributed by atoms with Crippen molar-refractivity contribution in [3.8, 4) is 0 Å². The molecule has 2 aromatic carbocycles. The van der Waals surface area contributed by atoms with Crippen LogP contribution in [0.15, 0.2) is 47.5 Å². The molecule has 0 spiro atoms. The molecule has 0 aliphatic carbocycles. The van der Waals surface area contributed by atoms with Gasteiger partial charge in [-0.15, -0.1) is 0 Å². The first kappa shape index (κ1) is 17.3. The minimum Gasteiger partial charge on any atom is -0.304 e. The van der Waals surface area contributed by atoms with E-state index in [1.807, 2.05) is 24.3 Å². The zero-order valence-electron chi connectivity index (χ0n) is 13.1. The van der Waals surface area contributed by atoms with Gasteiger partial charge in [0.25, 0.3) is 0 Å². The van der Waals surface area contributed by atoms with Crippen molar-refractivity contribution in [3.05, 3.63) is 63.6 Å². The van der Waals surface area contributed by atoms with Gasteiger partial charge in [0.1, 0.15) is 0 Å². The largest absolute Gasteiger partial charge is 0.304 e. The Labute approximate surface area is 155 Å². The van der Waals surface area contributed by atoms with Crippen LogP contribution in [0.25, 0.3) is 0 Å². The minimum absolute atomic E-state index is 0.0556. The highest BCUT2D eigenvalue weighted by atomic mass is 35.5. The lowest BCUT2D eigenvalue weighted by molar-refractivity contribution is -0.118. The Morgan fingerprint density at radius 3 is 2.62 bits per heavy atom. The van der Waals surface area contributed by atoms with Gasteiger partial charge in [0.05, 0.1) is 10.9 Å². The van der Waals surface area contributed by atoms with E-state index >= 15 is 0 Å². The number of benzene rings is 2. The van der Waals surface area contributed by atoms with Crippen molar-refractivity contribution in [2.24, 2.45) is 4.99 Å². The van der Waals surface area contributed by atoms with Crippen LogP contribution in [0.4, 0.5) is 5.69 Å². The SMILES string of the molecule is CCc1ccc(N=C2NC(=O)C(Cc3cc(Cl)ccc3Cl)S2)cc1. The van der Waals surface area contributed by atoms with E-state index in [0.29, 0.717) is 21.6 Å². The van der Waals surface area contributed by atoms with Crippen LogP contribution in [0.2, 0.25) is 10.0 Å². The van der Waals surface area contributed by atoms with Gasteiger partial charge >= 0.3 is 0 Å². The van der Waals surface area contributed by atoms with E-state index in [9.17, 15) is 4.79 Å². The van der Waals surface area contributed by atoms with Gasteiger partial charge in [-0.2, -0.15) is 0 Å². The van der Waals surface area contributed by atoms with E-state index in [0.717, 1.165) is 17.7 Å². The second-order valence-electron chi connectivity index (χ2n) is 5.47. The molecule has 124 valence electrons. The zero-order chi connectivity index (χ0) is 17.1. The van der Waals surface area contributed by atoms with Crippen LogP contribution < -0.4 is 5.32 Å². The number of halogens is 2. The minimum atomic E-state index is -0.255. The number of carbonyl (C=O) groups is 1. The first-order chi connectivity index (χ1) is 11.5. The number of aliphatic imine (C=N–C) groups is 1. The quantitative estimate of drug-likeness (QED) is 0.811. The number of nitrogens with one attached hydrogen (secondary N) is 1. The maximum atomic E-state index is 12.2. The van der Waals surface area contributed by atoms with Crippen molar-refractivity contribution in [2.75, 3.05) is 0 Å². The standard InChI is InChI=1S/C18H16Cl2N2OS/c1-2-11-3-6-14(7-4-11)21-18-22-17(23)16(24-18)10-12-9-13(19)5-8-15(12)20/h3-9,16H,2,10H2,1H3,(H,21,22,23). The van der Waals surface area contributed by atoms with E-state index in [4.69, 9.17) is 23.2 Å². The Balaban J connectivity index is 1.73. The molecule has 1 aliphatic heterocycles. The van der Waals surface area contributed by atoms with Crippen LogP contribution in [0.5, 0.6) is 0 Å². The summed E-state index contributed by atoms with van der Waals surface area (Å²) in [5.41, 5.74) is 2.96. The number of carbonyl (C=O) groups excluding carboxylic acids is 1. The van der Waals surface area contributed by atoms with Crippen LogP contribution in [0.3, 0.4) is 0 Å². The molecule has 0 radical (unpaired) electrons. The summed E-state index contributed by atoms with van der Waals surface area (Å²) < 4.78 is 0. The maximum Gasteiger partial charge on any atom is 0.239 e. The molecule has 1 saturated heterocycles. The van der Waals surface area contributed by atoms with E-state index in [1.54, 1.807) is 18.2 Å². The van der Waals surface area contributed by atoms with E-state index in [-0.39, 0.29) is 11.2 Å². The van der Waals surface area contributed by atoms with Crippen molar-refractivity contribution >= 4 is 51.7 Å². The second kappa shape index (κ2) is 7.60. The molecule has 6 heteroatoms. The van der Waals surface area contributed by atoms with Gasteiger partial charge in [-0.1, -0.05) is 54.0 Å².